The third kappa shape index (κ3) is 5.62. The molecular formula is C20H21N5O7. The predicted molar refractivity (Wildman–Crippen MR) is 118 cm³/mol. The first-order chi connectivity index (χ1) is 14.8. The average Bonchev–Trinajstić information content (AvgIpc) is 2.67. The van der Waals surface area contributed by atoms with Crippen LogP contribution >= 0.6 is 0 Å². The second-order valence-corrected chi connectivity index (χ2v) is 7.50. The highest BCUT2D eigenvalue weighted by atomic mass is 16.6. The molecule has 0 saturated carbocycles. The van der Waals surface area contributed by atoms with Gasteiger partial charge in [0.25, 0.3) is 11.4 Å². The smallest absolute Gasteiger partial charge is 0.324 e. The molecule has 0 aliphatic carbocycles. The minimum Gasteiger partial charge on any atom is -0.497 e. The molecular weight excluding hydrogens is 422 g/mol. The molecule has 0 saturated heterocycles. The fraction of sp³-hybridized carbons (Fsp3) is 0.250. The van der Waals surface area contributed by atoms with Crippen LogP contribution in [0.2, 0.25) is 0 Å². The number of aliphatic imine (C=N–C) groups is 1. The van der Waals surface area contributed by atoms with Crippen LogP contribution in [0.3, 0.4) is 0 Å². The number of phenols is 1. The molecule has 32 heavy (non-hydrogen) atoms. The van der Waals surface area contributed by atoms with Gasteiger partial charge >= 0.3 is 11.4 Å². The largest absolute Gasteiger partial charge is 0.497 e. The van der Waals surface area contributed by atoms with E-state index in [9.17, 15) is 30.3 Å². The van der Waals surface area contributed by atoms with Crippen molar-refractivity contribution in [3.63, 3.8) is 0 Å². The van der Waals surface area contributed by atoms with Crippen molar-refractivity contribution >= 4 is 29.1 Å². The maximum atomic E-state index is 10.4. The van der Waals surface area contributed by atoms with Gasteiger partial charge in [0.05, 0.1) is 38.8 Å². The molecule has 0 amide bonds. The molecule has 3 rings (SSSR count). The summed E-state index contributed by atoms with van der Waals surface area (Å²) in [5.41, 5.74) is 0.588. The number of nitrogens with zero attached hydrogens (tertiary/aromatic N) is 5. The number of hydrogen-bond acceptors (Lipinski definition) is 9. The van der Waals surface area contributed by atoms with Gasteiger partial charge in [0, 0.05) is 11.4 Å². The molecule has 0 bridgehead atoms. The maximum Gasteiger partial charge on any atom is 0.324 e. The number of benzene rings is 2. The summed E-state index contributed by atoms with van der Waals surface area (Å²) in [5, 5.41) is 40.2. The summed E-state index contributed by atoms with van der Waals surface area (Å²) in [7, 11) is 0. The summed E-state index contributed by atoms with van der Waals surface area (Å²) >= 11 is 0. The summed E-state index contributed by atoms with van der Waals surface area (Å²) < 4.78 is 0. The van der Waals surface area contributed by atoms with Crippen LogP contribution in [0.25, 0.3) is 0 Å². The van der Waals surface area contributed by atoms with Crippen LogP contribution in [-0.4, -0.2) is 31.8 Å². The Morgan fingerprint density at radius 2 is 1.50 bits per heavy atom. The van der Waals surface area contributed by atoms with Crippen LogP contribution in [-0.2, 0) is 0 Å². The molecule has 1 heterocycles. The monoisotopic (exact) mass is 443 g/mol. The van der Waals surface area contributed by atoms with Crippen molar-refractivity contribution < 1.29 is 19.9 Å². The van der Waals surface area contributed by atoms with E-state index >= 15 is 0 Å². The van der Waals surface area contributed by atoms with Gasteiger partial charge < -0.3 is 10.0 Å². The van der Waals surface area contributed by atoms with Crippen LogP contribution in [0.15, 0.2) is 53.2 Å². The highest BCUT2D eigenvalue weighted by molar-refractivity contribution is 5.85. The van der Waals surface area contributed by atoms with Crippen molar-refractivity contribution in [1.29, 1.82) is 0 Å². The molecule has 0 atom stereocenters. The van der Waals surface area contributed by atoms with E-state index in [1.165, 1.54) is 16.9 Å². The summed E-state index contributed by atoms with van der Waals surface area (Å²) in [6, 6.07) is 9.35. The molecule has 2 aromatic carbocycles. The second-order valence-electron chi connectivity index (χ2n) is 7.50. The molecule has 1 N–H and O–H groups in total. The van der Waals surface area contributed by atoms with E-state index in [1.54, 1.807) is 0 Å². The lowest BCUT2D eigenvalue weighted by Crippen LogP contribution is -2.29. The Hall–Kier alpha value is -4.35. The number of aryl methyl sites for hydroxylation is 1. The molecule has 0 fully saturated rings. The van der Waals surface area contributed by atoms with Crippen molar-refractivity contribution in [2.75, 3.05) is 4.90 Å². The lowest BCUT2D eigenvalue weighted by molar-refractivity contribution is -0.404. The number of anilines is 1. The lowest BCUT2D eigenvalue weighted by Gasteiger charge is -2.29. The normalized spacial score (nSPS) is 14.1. The average molecular weight is 443 g/mol. The minimum absolute atomic E-state index is 0.0790. The maximum absolute atomic E-state index is 10.4. The van der Waals surface area contributed by atoms with Gasteiger partial charge in [-0.25, -0.2) is 0 Å². The van der Waals surface area contributed by atoms with Crippen LogP contribution in [0.5, 0.6) is 5.75 Å². The second kappa shape index (κ2) is 9.20. The lowest BCUT2D eigenvalue weighted by atomic mass is 10.0. The zero-order valence-electron chi connectivity index (χ0n) is 17.8. The third-order valence-corrected chi connectivity index (χ3v) is 4.39. The first-order valence-electron chi connectivity index (χ1n) is 9.23. The van der Waals surface area contributed by atoms with Gasteiger partial charge in [0.1, 0.15) is 0 Å². The Kier molecular flexibility index (Phi) is 6.88. The highest BCUT2D eigenvalue weighted by Crippen LogP contribution is 2.39. The summed E-state index contributed by atoms with van der Waals surface area (Å²) in [5.74, 6) is -1.21. The van der Waals surface area contributed by atoms with Crippen LogP contribution in [0.4, 0.5) is 22.7 Å². The van der Waals surface area contributed by atoms with E-state index in [0.717, 1.165) is 0 Å². The van der Waals surface area contributed by atoms with Crippen molar-refractivity contribution in [1.82, 2.24) is 0 Å². The van der Waals surface area contributed by atoms with Gasteiger partial charge in [-0.1, -0.05) is 12.1 Å². The first kappa shape index (κ1) is 23.9. The van der Waals surface area contributed by atoms with Gasteiger partial charge in [0.2, 0.25) is 0 Å². The molecule has 12 nitrogen and oxygen atoms in total. The van der Waals surface area contributed by atoms with Crippen LogP contribution in [0, 0.1) is 37.3 Å². The third-order valence-electron chi connectivity index (χ3n) is 4.39. The number of nitro groups is 3. The van der Waals surface area contributed by atoms with Crippen molar-refractivity contribution in [2.45, 2.75) is 33.2 Å². The number of hydrogen-bond donors (Lipinski definition) is 1. The van der Waals surface area contributed by atoms with Crippen molar-refractivity contribution in [3.8, 4) is 5.75 Å². The number of nitro benzene ring substituents is 3. The van der Waals surface area contributed by atoms with E-state index in [2.05, 4.69) is 67.9 Å². The molecule has 0 unspecified atom stereocenters. The van der Waals surface area contributed by atoms with Crippen LogP contribution < -0.4 is 4.90 Å². The predicted octanol–water partition coefficient (Wildman–Crippen LogP) is 4.64. The Morgan fingerprint density at radius 1 is 0.938 bits per heavy atom. The topological polar surface area (TPSA) is 165 Å². The molecule has 12 heteroatoms. The molecule has 1 aliphatic heterocycles. The number of non-ortho nitro benzene ring substituents is 1. The zero-order chi connectivity index (χ0) is 24.2. The van der Waals surface area contributed by atoms with Crippen molar-refractivity contribution in [3.05, 3.63) is 84.1 Å². The van der Waals surface area contributed by atoms with Crippen LogP contribution in [0.1, 0.15) is 26.3 Å². The quantitative estimate of drug-likeness (QED) is 0.527. The standard InChI is InChI=1S/C14H18N2.C6H3N3O7/c1-11-6-5-7-13(8-11)16-10-15-14(3,4)9-12(16)2;10-6-4(8(13)14)1-3(7(11)12)2-5(6)9(15)16/h5-10H,1-4H3;1-2,10H. The van der Waals surface area contributed by atoms with E-state index in [1.807, 2.05) is 6.34 Å². The summed E-state index contributed by atoms with van der Waals surface area (Å²) in [6.07, 6.45) is 4.11. The number of allylic oxidation sites excluding steroid dienone is 1. The number of phenolic OH excluding ortho intramolecular Hbond substituents is 1. The molecule has 1 aliphatic rings. The Bertz CT molecular complexity index is 1110. The Morgan fingerprint density at radius 3 is 1.94 bits per heavy atom. The van der Waals surface area contributed by atoms with E-state index in [0.29, 0.717) is 12.1 Å². The first-order valence-corrected chi connectivity index (χ1v) is 9.23. The van der Waals surface area contributed by atoms with Gasteiger partial charge in [-0.05, 0) is 51.5 Å². The van der Waals surface area contributed by atoms with Crippen molar-refractivity contribution in [2.24, 2.45) is 4.99 Å². The SMILES string of the molecule is CC1=CC(C)(C)N=CN1c1cccc(C)c1.O=[N+]([O-])c1cc([N+](=O)[O-])c(O)c([N+](=O)[O-])c1. The Labute approximate surface area is 182 Å². The molecule has 0 radical (unpaired) electrons. The number of aromatic hydroxyl groups is 1. The summed E-state index contributed by atoms with van der Waals surface area (Å²) in [4.78, 5) is 34.4. The van der Waals surface area contributed by atoms with E-state index < -0.39 is 37.6 Å². The zero-order valence-corrected chi connectivity index (χ0v) is 17.8. The minimum atomic E-state index is -1.21. The molecule has 168 valence electrons. The van der Waals surface area contributed by atoms with E-state index in [-0.39, 0.29) is 5.54 Å². The van der Waals surface area contributed by atoms with Gasteiger partial charge in [-0.15, -0.1) is 0 Å². The van der Waals surface area contributed by atoms with Gasteiger partial charge in [-0.2, -0.15) is 0 Å². The fourth-order valence-electron chi connectivity index (χ4n) is 2.94. The molecule has 2 aromatic rings. The summed E-state index contributed by atoms with van der Waals surface area (Å²) in [6.45, 7) is 8.45. The highest BCUT2D eigenvalue weighted by Gasteiger charge is 2.30. The van der Waals surface area contributed by atoms with Gasteiger partial charge in [0.15, 0.2) is 0 Å². The van der Waals surface area contributed by atoms with Gasteiger partial charge in [-0.3, -0.25) is 35.3 Å². The Balaban J connectivity index is 0.000000227. The van der Waals surface area contributed by atoms with E-state index in [4.69, 9.17) is 5.11 Å². The fourth-order valence-corrected chi connectivity index (χ4v) is 2.94. The molecule has 0 spiro atoms. The molecule has 0 aromatic heterocycles. The number of rotatable bonds is 4.